The normalized spacial score (nSPS) is 12.1. The van der Waals surface area contributed by atoms with Gasteiger partial charge < -0.3 is 25.7 Å². The first-order chi connectivity index (χ1) is 17.9. The average Bonchev–Trinajstić information content (AvgIpc) is 3.25. The van der Waals surface area contributed by atoms with E-state index in [1.165, 1.54) is 6.07 Å². The molecule has 0 fully saturated rings. The summed E-state index contributed by atoms with van der Waals surface area (Å²) >= 11 is 0. The number of carbonyl (C=O) groups is 2. The quantitative estimate of drug-likeness (QED) is 0.394. The molecule has 9 nitrogen and oxygen atoms in total. The number of rotatable bonds is 9. The van der Waals surface area contributed by atoms with E-state index in [9.17, 15) is 14.9 Å². The number of nitriles is 1. The van der Waals surface area contributed by atoms with Crippen LogP contribution in [-0.4, -0.2) is 40.2 Å². The maximum atomic E-state index is 13.0. The standard InChI is InChI=1S/C29H36N6O3/c1-18(2)38-25-12-11-21(14-22(25)15-30)26(36)33-23(16-32-28(31)37)13-19-7-9-20(10-8-19)24-17-35(6)27(34-24)29(3,4)5/h7-12,14,17-18,23H,13,16H2,1-6H3,(H,33,36)(H3,31,32,37)/t23-/m0/s1. The molecular weight excluding hydrogens is 480 g/mol. The number of aryl methyl sites for hydroxylation is 1. The number of nitrogens with zero attached hydrogens (tertiary/aromatic N) is 3. The first-order valence-electron chi connectivity index (χ1n) is 12.6. The zero-order valence-corrected chi connectivity index (χ0v) is 22.8. The molecule has 1 aromatic heterocycles. The molecule has 1 atom stereocenters. The van der Waals surface area contributed by atoms with Crippen LogP contribution in [0.4, 0.5) is 4.79 Å². The van der Waals surface area contributed by atoms with Crippen LogP contribution in [0.2, 0.25) is 0 Å². The van der Waals surface area contributed by atoms with Crippen LogP contribution in [-0.2, 0) is 18.9 Å². The van der Waals surface area contributed by atoms with Crippen LogP contribution in [0.5, 0.6) is 5.75 Å². The fraction of sp³-hybridized carbons (Fsp3) is 0.379. The fourth-order valence-electron chi connectivity index (χ4n) is 4.18. The van der Waals surface area contributed by atoms with Crippen LogP contribution in [0.3, 0.4) is 0 Å². The summed E-state index contributed by atoms with van der Waals surface area (Å²) in [6.45, 7) is 10.3. The molecule has 3 aromatic rings. The van der Waals surface area contributed by atoms with Gasteiger partial charge in [0.05, 0.1) is 23.4 Å². The number of amides is 3. The van der Waals surface area contributed by atoms with E-state index in [4.69, 9.17) is 15.5 Å². The Kier molecular flexibility index (Phi) is 8.79. The summed E-state index contributed by atoms with van der Waals surface area (Å²) in [6, 6.07) is 13.7. The Labute approximate surface area is 224 Å². The van der Waals surface area contributed by atoms with Gasteiger partial charge in [0.25, 0.3) is 5.91 Å². The van der Waals surface area contributed by atoms with E-state index in [1.54, 1.807) is 12.1 Å². The third-order valence-corrected chi connectivity index (χ3v) is 5.86. The molecule has 0 aliphatic rings. The van der Waals surface area contributed by atoms with Crippen molar-refractivity contribution in [2.24, 2.45) is 12.8 Å². The van der Waals surface area contributed by atoms with Gasteiger partial charge in [-0.3, -0.25) is 4.79 Å². The number of primary amides is 1. The lowest BCUT2D eigenvalue weighted by molar-refractivity contribution is 0.0936. The first-order valence-corrected chi connectivity index (χ1v) is 12.6. The van der Waals surface area contributed by atoms with Crippen LogP contribution in [0, 0.1) is 11.3 Å². The minimum Gasteiger partial charge on any atom is -0.490 e. The van der Waals surface area contributed by atoms with Gasteiger partial charge in [0.15, 0.2) is 0 Å². The highest BCUT2D eigenvalue weighted by Crippen LogP contribution is 2.26. The SMILES string of the molecule is CC(C)Oc1ccc(C(=O)N[C@H](CNC(N)=O)Cc2ccc(-c3cn(C)c(C(C)(C)C)n3)cc2)cc1C#N. The summed E-state index contributed by atoms with van der Waals surface area (Å²) in [7, 11) is 1.99. The molecule has 0 radical (unpaired) electrons. The van der Waals surface area contributed by atoms with Crippen molar-refractivity contribution >= 4 is 11.9 Å². The second kappa shape index (κ2) is 11.8. The number of aromatic nitrogens is 2. The van der Waals surface area contributed by atoms with Gasteiger partial charge in [0.1, 0.15) is 17.6 Å². The van der Waals surface area contributed by atoms with Gasteiger partial charge in [-0.2, -0.15) is 5.26 Å². The second-order valence-electron chi connectivity index (χ2n) is 10.6. The summed E-state index contributed by atoms with van der Waals surface area (Å²) < 4.78 is 7.69. The van der Waals surface area contributed by atoms with Crippen LogP contribution in [0.25, 0.3) is 11.3 Å². The highest BCUT2D eigenvalue weighted by Gasteiger charge is 2.21. The summed E-state index contributed by atoms with van der Waals surface area (Å²) in [5, 5.41) is 15.0. The summed E-state index contributed by atoms with van der Waals surface area (Å²) in [4.78, 5) is 29.2. The molecule has 0 aliphatic heterocycles. The number of urea groups is 1. The zero-order valence-electron chi connectivity index (χ0n) is 22.8. The molecule has 2 aromatic carbocycles. The lowest BCUT2D eigenvalue weighted by Gasteiger charge is -2.20. The number of nitrogens with one attached hydrogen (secondary N) is 2. The minimum atomic E-state index is -0.675. The molecule has 0 saturated heterocycles. The molecule has 4 N–H and O–H groups in total. The largest absolute Gasteiger partial charge is 0.490 e. The molecule has 0 saturated carbocycles. The predicted octanol–water partition coefficient (Wildman–Crippen LogP) is 4.05. The van der Waals surface area contributed by atoms with Crippen molar-refractivity contribution in [1.82, 2.24) is 20.2 Å². The van der Waals surface area contributed by atoms with Crippen LogP contribution in [0.15, 0.2) is 48.7 Å². The van der Waals surface area contributed by atoms with Crippen LogP contribution < -0.4 is 21.1 Å². The molecule has 0 spiro atoms. The predicted molar refractivity (Wildman–Crippen MR) is 147 cm³/mol. The van der Waals surface area contributed by atoms with E-state index in [0.717, 1.165) is 22.6 Å². The molecule has 38 heavy (non-hydrogen) atoms. The summed E-state index contributed by atoms with van der Waals surface area (Å²) in [5.41, 5.74) is 8.66. The number of nitrogens with two attached hydrogens (primary N) is 1. The van der Waals surface area contributed by atoms with E-state index in [1.807, 2.05) is 55.9 Å². The van der Waals surface area contributed by atoms with Gasteiger partial charge in [0.2, 0.25) is 0 Å². The van der Waals surface area contributed by atoms with Crippen molar-refractivity contribution in [1.29, 1.82) is 5.26 Å². The third-order valence-electron chi connectivity index (χ3n) is 5.86. The van der Waals surface area contributed by atoms with Crippen molar-refractivity contribution in [3.63, 3.8) is 0 Å². The smallest absolute Gasteiger partial charge is 0.312 e. The number of hydrogen-bond acceptors (Lipinski definition) is 5. The van der Waals surface area contributed by atoms with Gasteiger partial charge in [-0.15, -0.1) is 0 Å². The van der Waals surface area contributed by atoms with Crippen molar-refractivity contribution in [3.8, 4) is 23.1 Å². The zero-order chi connectivity index (χ0) is 28.0. The van der Waals surface area contributed by atoms with Crippen molar-refractivity contribution < 1.29 is 14.3 Å². The number of benzene rings is 2. The van der Waals surface area contributed by atoms with Crippen LogP contribution in [0.1, 0.15) is 61.9 Å². The van der Waals surface area contributed by atoms with Gasteiger partial charge in [-0.05, 0) is 44.0 Å². The molecule has 200 valence electrons. The molecule has 3 rings (SSSR count). The third kappa shape index (κ3) is 7.35. The Bertz CT molecular complexity index is 1330. The highest BCUT2D eigenvalue weighted by molar-refractivity contribution is 5.95. The number of ether oxygens (including phenoxy) is 1. The van der Waals surface area contributed by atoms with Crippen molar-refractivity contribution in [2.75, 3.05) is 6.54 Å². The fourth-order valence-corrected chi connectivity index (χ4v) is 4.18. The molecule has 3 amide bonds. The molecule has 9 heteroatoms. The van der Waals surface area contributed by atoms with Gasteiger partial charge in [-0.1, -0.05) is 45.0 Å². The number of carbonyl (C=O) groups excluding carboxylic acids is 2. The second-order valence-corrected chi connectivity index (χ2v) is 10.6. The lowest BCUT2D eigenvalue weighted by atomic mass is 9.96. The van der Waals surface area contributed by atoms with Crippen LogP contribution >= 0.6 is 0 Å². The van der Waals surface area contributed by atoms with E-state index in [0.29, 0.717) is 17.7 Å². The van der Waals surface area contributed by atoms with E-state index in [-0.39, 0.29) is 29.5 Å². The minimum absolute atomic E-state index is 0.0679. The van der Waals surface area contributed by atoms with Gasteiger partial charge in [-0.25, -0.2) is 9.78 Å². The summed E-state index contributed by atoms with van der Waals surface area (Å²) in [5.74, 6) is 1.06. The summed E-state index contributed by atoms with van der Waals surface area (Å²) in [6.07, 6.45) is 2.37. The lowest BCUT2D eigenvalue weighted by Crippen LogP contribution is -2.46. The average molecular weight is 517 g/mol. The Morgan fingerprint density at radius 1 is 1.16 bits per heavy atom. The Morgan fingerprint density at radius 3 is 2.39 bits per heavy atom. The van der Waals surface area contributed by atoms with Crippen molar-refractivity contribution in [2.45, 2.75) is 58.6 Å². The maximum Gasteiger partial charge on any atom is 0.312 e. The number of hydrogen-bond donors (Lipinski definition) is 3. The number of imidazole rings is 1. The van der Waals surface area contributed by atoms with E-state index < -0.39 is 12.1 Å². The van der Waals surface area contributed by atoms with Gasteiger partial charge in [0, 0.05) is 36.3 Å². The molecule has 1 heterocycles. The molecule has 0 unspecified atom stereocenters. The molecule has 0 aliphatic carbocycles. The maximum absolute atomic E-state index is 13.0. The van der Waals surface area contributed by atoms with Crippen molar-refractivity contribution in [3.05, 3.63) is 71.2 Å². The Balaban J connectivity index is 1.76. The van der Waals surface area contributed by atoms with E-state index >= 15 is 0 Å². The highest BCUT2D eigenvalue weighted by atomic mass is 16.5. The molecular formula is C29H36N6O3. The first kappa shape index (κ1) is 28.3. The van der Waals surface area contributed by atoms with Gasteiger partial charge >= 0.3 is 6.03 Å². The van der Waals surface area contributed by atoms with E-state index in [2.05, 4.69) is 37.5 Å². The molecule has 0 bridgehead atoms. The monoisotopic (exact) mass is 516 g/mol. The topological polar surface area (TPSA) is 135 Å². The Morgan fingerprint density at radius 2 is 1.84 bits per heavy atom. The Hall–Kier alpha value is -4.32.